The maximum absolute atomic E-state index is 12.5. The summed E-state index contributed by atoms with van der Waals surface area (Å²) in [6.45, 7) is 6.34. The van der Waals surface area contributed by atoms with Crippen LogP contribution in [0.1, 0.15) is 69.2 Å². The van der Waals surface area contributed by atoms with Crippen LogP contribution in [0.25, 0.3) is 10.8 Å². The van der Waals surface area contributed by atoms with Crippen molar-refractivity contribution in [2.45, 2.75) is 72.3 Å². The number of hydrogen-bond donors (Lipinski definition) is 0. The van der Waals surface area contributed by atoms with E-state index in [2.05, 4.69) is 37.0 Å². The van der Waals surface area contributed by atoms with Gasteiger partial charge in [-0.05, 0) is 55.1 Å². The number of ether oxygens (including phenoxy) is 1. The molecule has 2 aromatic heterocycles. The lowest BCUT2D eigenvalue weighted by Crippen LogP contribution is -2.36. The van der Waals surface area contributed by atoms with Crippen molar-refractivity contribution in [3.63, 3.8) is 0 Å². The number of nitrogens with zero attached hydrogens (tertiary/aromatic N) is 3. The highest BCUT2D eigenvalue weighted by Gasteiger charge is 2.48. The van der Waals surface area contributed by atoms with E-state index in [-0.39, 0.29) is 48.1 Å². The van der Waals surface area contributed by atoms with Gasteiger partial charge in [-0.15, -0.1) is 21.5 Å². The van der Waals surface area contributed by atoms with Crippen molar-refractivity contribution in [1.29, 1.82) is 0 Å². The molecule has 2 amide bonds. The number of esters is 1. The minimum absolute atomic E-state index is 0.188. The van der Waals surface area contributed by atoms with Gasteiger partial charge in [0.15, 0.2) is 6.61 Å². The Morgan fingerprint density at radius 3 is 2.53 bits per heavy atom. The number of aryl methyl sites for hydroxylation is 1. The molecule has 0 radical (unpaired) electrons. The normalized spacial score (nSPS) is 24.8. The smallest absolute Gasteiger partial charge is 0.326 e. The number of imide groups is 1. The average molecular weight is 486 g/mol. The molecule has 0 bridgehead atoms. The molecular weight excluding hydrogens is 454 g/mol. The quantitative estimate of drug-likeness (QED) is 0.463. The number of aromatic nitrogens is 2. The zero-order valence-electron chi connectivity index (χ0n) is 20.0. The molecule has 1 saturated carbocycles. The molecule has 3 unspecified atom stereocenters. The van der Waals surface area contributed by atoms with Crippen molar-refractivity contribution in [2.75, 3.05) is 6.54 Å². The van der Waals surface area contributed by atoms with Gasteiger partial charge in [-0.3, -0.25) is 19.3 Å². The van der Waals surface area contributed by atoms with Gasteiger partial charge in [0.25, 0.3) is 11.8 Å². The number of likely N-dealkylation sites (tertiary alicyclic amines) is 1. The largest absolute Gasteiger partial charge is 0.454 e. The van der Waals surface area contributed by atoms with E-state index in [4.69, 9.17) is 9.15 Å². The van der Waals surface area contributed by atoms with E-state index in [9.17, 15) is 14.4 Å². The Kier molecular flexibility index (Phi) is 6.08. The number of amides is 2. The number of fused-ring (bicyclic) bond motifs is 2. The molecule has 3 atom stereocenters. The Hall–Kier alpha value is -2.55. The molecule has 0 N–H and O–H groups in total. The van der Waals surface area contributed by atoms with Crippen LogP contribution in [-0.2, 0) is 38.6 Å². The third-order valence-electron chi connectivity index (χ3n) is 7.56. The van der Waals surface area contributed by atoms with Gasteiger partial charge in [0.2, 0.25) is 11.8 Å². The topological polar surface area (TPSA) is 103 Å². The lowest BCUT2D eigenvalue weighted by molar-refractivity contribution is -0.154. The summed E-state index contributed by atoms with van der Waals surface area (Å²) in [5.74, 6) is -0.435. The van der Waals surface area contributed by atoms with Gasteiger partial charge in [-0.25, -0.2) is 0 Å². The summed E-state index contributed by atoms with van der Waals surface area (Å²) in [6.07, 6.45) is 6.64. The van der Waals surface area contributed by atoms with E-state index >= 15 is 0 Å². The number of hydrogen-bond acceptors (Lipinski definition) is 8. The molecule has 9 heteroatoms. The highest BCUT2D eigenvalue weighted by molar-refractivity contribution is 7.15. The van der Waals surface area contributed by atoms with Crippen LogP contribution in [0.5, 0.6) is 0 Å². The van der Waals surface area contributed by atoms with Crippen LogP contribution < -0.4 is 0 Å². The zero-order valence-corrected chi connectivity index (χ0v) is 20.8. The molecule has 8 nitrogen and oxygen atoms in total. The summed E-state index contributed by atoms with van der Waals surface area (Å²) >= 11 is 1.68. The third-order valence-corrected chi connectivity index (χ3v) is 8.79. The van der Waals surface area contributed by atoms with Crippen LogP contribution in [0.4, 0.5) is 0 Å². The van der Waals surface area contributed by atoms with Gasteiger partial charge >= 0.3 is 5.97 Å². The molecule has 3 heterocycles. The third kappa shape index (κ3) is 4.42. The molecule has 2 aliphatic carbocycles. The molecule has 3 aliphatic rings. The van der Waals surface area contributed by atoms with Gasteiger partial charge in [-0.2, -0.15) is 0 Å². The second kappa shape index (κ2) is 8.91. The summed E-state index contributed by atoms with van der Waals surface area (Å²) in [5, 5.41) is 8.15. The van der Waals surface area contributed by atoms with Crippen LogP contribution in [0.15, 0.2) is 10.5 Å². The van der Waals surface area contributed by atoms with Gasteiger partial charge in [0, 0.05) is 4.88 Å². The van der Waals surface area contributed by atoms with Crippen molar-refractivity contribution in [3.05, 3.63) is 22.4 Å². The lowest BCUT2D eigenvalue weighted by atomic mass is 9.72. The molecule has 1 saturated heterocycles. The summed E-state index contributed by atoms with van der Waals surface area (Å²) in [4.78, 5) is 40.8. The Morgan fingerprint density at radius 1 is 1.15 bits per heavy atom. The number of carbonyl (C=O) groups is 3. The van der Waals surface area contributed by atoms with Crippen LogP contribution in [0.2, 0.25) is 0 Å². The van der Waals surface area contributed by atoms with Gasteiger partial charge < -0.3 is 9.15 Å². The van der Waals surface area contributed by atoms with Crippen LogP contribution in [-0.4, -0.2) is 39.4 Å². The molecule has 2 aromatic rings. The number of thiophene rings is 1. The van der Waals surface area contributed by atoms with E-state index in [1.807, 2.05) is 0 Å². The second-order valence-corrected chi connectivity index (χ2v) is 11.9. The minimum Gasteiger partial charge on any atom is -0.454 e. The molecule has 2 fully saturated rings. The van der Waals surface area contributed by atoms with Crippen molar-refractivity contribution >= 4 is 29.1 Å². The number of rotatable bonds is 5. The SMILES string of the molecule is CC(C)(C)C1CCc2sc(-c3nnc(COC(=O)CN4C(=O)C5CCCCC5C4=O)o3)cc2C1. The maximum Gasteiger partial charge on any atom is 0.326 e. The monoisotopic (exact) mass is 485 g/mol. The molecular formula is C25H31N3O5S. The summed E-state index contributed by atoms with van der Waals surface area (Å²) in [6, 6.07) is 2.14. The highest BCUT2D eigenvalue weighted by atomic mass is 32.1. The molecule has 182 valence electrons. The second-order valence-electron chi connectivity index (χ2n) is 10.8. The van der Waals surface area contributed by atoms with Crippen molar-refractivity contribution in [1.82, 2.24) is 15.1 Å². The standard InChI is InChI=1S/C25H31N3O5S/c1-25(2,3)15-8-9-18-14(10-15)11-19(34-18)22-27-26-20(33-22)13-32-21(29)12-28-23(30)16-6-4-5-7-17(16)24(28)31/h11,15-17H,4-10,12-13H2,1-3H3. The first-order chi connectivity index (χ1) is 16.2. The Bertz CT molecular complexity index is 1090. The van der Waals surface area contributed by atoms with Crippen molar-refractivity contribution in [2.24, 2.45) is 23.2 Å². The van der Waals surface area contributed by atoms with Gasteiger partial charge in [-0.1, -0.05) is 33.6 Å². The van der Waals surface area contributed by atoms with Gasteiger partial charge in [0.05, 0.1) is 16.7 Å². The molecule has 0 aromatic carbocycles. The van der Waals surface area contributed by atoms with E-state index in [1.165, 1.54) is 16.9 Å². The summed E-state index contributed by atoms with van der Waals surface area (Å²) < 4.78 is 11.0. The molecule has 1 aliphatic heterocycles. The lowest BCUT2D eigenvalue weighted by Gasteiger charge is -2.33. The van der Waals surface area contributed by atoms with Crippen LogP contribution in [0, 0.1) is 23.2 Å². The van der Waals surface area contributed by atoms with E-state index < -0.39 is 5.97 Å². The molecule has 34 heavy (non-hydrogen) atoms. The molecule has 5 rings (SSSR count). The fourth-order valence-corrected chi connectivity index (χ4v) is 6.61. The van der Waals surface area contributed by atoms with Crippen molar-refractivity contribution in [3.8, 4) is 10.8 Å². The Balaban J connectivity index is 1.17. The Morgan fingerprint density at radius 2 is 1.85 bits per heavy atom. The zero-order chi connectivity index (χ0) is 24.0. The predicted octanol–water partition coefficient (Wildman–Crippen LogP) is 4.17. The summed E-state index contributed by atoms with van der Waals surface area (Å²) in [7, 11) is 0. The first-order valence-corrected chi connectivity index (χ1v) is 13.0. The van der Waals surface area contributed by atoms with Crippen molar-refractivity contribution < 1.29 is 23.5 Å². The Labute approximate surface area is 203 Å². The first kappa shape index (κ1) is 23.2. The molecule has 0 spiro atoms. The number of carbonyl (C=O) groups excluding carboxylic acids is 3. The minimum atomic E-state index is -0.653. The van der Waals surface area contributed by atoms with E-state index in [1.54, 1.807) is 11.3 Å². The first-order valence-electron chi connectivity index (χ1n) is 12.2. The van der Waals surface area contributed by atoms with Crippen LogP contribution >= 0.6 is 11.3 Å². The van der Waals surface area contributed by atoms with E-state index in [0.717, 1.165) is 35.5 Å². The van der Waals surface area contributed by atoms with Gasteiger partial charge in [0.1, 0.15) is 6.54 Å². The van der Waals surface area contributed by atoms with Crippen LogP contribution in [0.3, 0.4) is 0 Å². The predicted molar refractivity (Wildman–Crippen MR) is 125 cm³/mol. The summed E-state index contributed by atoms with van der Waals surface area (Å²) in [5.41, 5.74) is 1.64. The fourth-order valence-electron chi connectivity index (χ4n) is 5.48. The van der Waals surface area contributed by atoms with E-state index in [0.29, 0.717) is 24.7 Å². The fraction of sp³-hybridized carbons (Fsp3) is 0.640. The highest BCUT2D eigenvalue weighted by Crippen LogP contribution is 2.42. The average Bonchev–Trinajstić information content (AvgIpc) is 3.50. The maximum atomic E-state index is 12.5.